The zero-order chi connectivity index (χ0) is 15.8. The first-order chi connectivity index (χ1) is 11.2. The molecule has 2 aromatic carbocycles. The van der Waals surface area contributed by atoms with Gasteiger partial charge >= 0.3 is 0 Å². The van der Waals surface area contributed by atoms with E-state index in [0.29, 0.717) is 6.42 Å². The molecule has 23 heavy (non-hydrogen) atoms. The number of aromatic amines is 2. The number of anilines is 1. The standard InChI is InChI=1S/C16H15N7/c17-16(18)19-9-5-6-12-13(7-9)23-15(22-12)8-14-20-10-3-1-2-4-11(10)21-14/h1-7H,8H2,(H,20,21)(H,22,23)(H4,17,18,19). The van der Waals surface area contributed by atoms with Crippen LogP contribution >= 0.6 is 0 Å². The van der Waals surface area contributed by atoms with Crippen molar-refractivity contribution in [3.63, 3.8) is 0 Å². The van der Waals surface area contributed by atoms with Gasteiger partial charge in [-0.2, -0.15) is 0 Å². The molecule has 114 valence electrons. The number of H-pyrrole nitrogens is 2. The third kappa shape index (κ3) is 2.59. The summed E-state index contributed by atoms with van der Waals surface area (Å²) in [6, 6.07) is 13.6. The van der Waals surface area contributed by atoms with Gasteiger partial charge in [0.25, 0.3) is 0 Å². The fraction of sp³-hybridized carbons (Fsp3) is 0.0625. The van der Waals surface area contributed by atoms with Crippen LogP contribution in [-0.4, -0.2) is 25.9 Å². The van der Waals surface area contributed by atoms with Crippen LogP contribution in [0.3, 0.4) is 0 Å². The Morgan fingerprint density at radius 3 is 2.43 bits per heavy atom. The molecule has 7 nitrogen and oxygen atoms in total. The van der Waals surface area contributed by atoms with Crippen LogP contribution in [0.5, 0.6) is 0 Å². The molecule has 0 amide bonds. The number of benzene rings is 2. The van der Waals surface area contributed by atoms with Gasteiger partial charge in [-0.05, 0) is 30.3 Å². The number of hydrogen-bond donors (Lipinski definition) is 5. The minimum Gasteiger partial charge on any atom is -0.370 e. The molecule has 0 fully saturated rings. The molecule has 0 unspecified atom stereocenters. The molecule has 0 spiro atoms. The van der Waals surface area contributed by atoms with Gasteiger partial charge in [0, 0.05) is 5.69 Å². The summed E-state index contributed by atoms with van der Waals surface area (Å²) in [6.07, 6.45) is 0.596. The third-order valence-corrected chi connectivity index (χ3v) is 3.58. The minimum atomic E-state index is -0.0950. The highest BCUT2D eigenvalue weighted by atomic mass is 15.0. The first-order valence-electron chi connectivity index (χ1n) is 7.21. The van der Waals surface area contributed by atoms with Crippen molar-refractivity contribution < 1.29 is 0 Å². The van der Waals surface area contributed by atoms with Gasteiger partial charge in [0.15, 0.2) is 5.96 Å². The summed E-state index contributed by atoms with van der Waals surface area (Å²) < 4.78 is 0. The summed E-state index contributed by atoms with van der Waals surface area (Å²) in [5, 5.41) is 10.0. The molecule has 4 aromatic rings. The highest BCUT2D eigenvalue weighted by Gasteiger charge is 2.08. The number of fused-ring (bicyclic) bond motifs is 2. The number of rotatable bonds is 3. The molecule has 0 radical (unpaired) electrons. The van der Waals surface area contributed by atoms with Gasteiger partial charge in [-0.15, -0.1) is 0 Å². The highest BCUT2D eigenvalue weighted by molar-refractivity contribution is 5.92. The van der Waals surface area contributed by atoms with Crippen molar-refractivity contribution in [1.82, 2.24) is 19.9 Å². The number of nitrogens with zero attached hydrogens (tertiary/aromatic N) is 2. The van der Waals surface area contributed by atoms with Crippen LogP contribution in [0.25, 0.3) is 22.1 Å². The number of nitrogens with one attached hydrogen (secondary N) is 4. The Hall–Kier alpha value is -3.35. The topological polar surface area (TPSA) is 119 Å². The van der Waals surface area contributed by atoms with Crippen LogP contribution < -0.4 is 11.1 Å². The highest BCUT2D eigenvalue weighted by Crippen LogP contribution is 2.19. The van der Waals surface area contributed by atoms with E-state index in [4.69, 9.17) is 11.1 Å². The molecular weight excluding hydrogens is 290 g/mol. The quantitative estimate of drug-likeness (QED) is 0.295. The molecule has 6 N–H and O–H groups in total. The van der Waals surface area contributed by atoms with Crippen LogP contribution in [0.2, 0.25) is 0 Å². The van der Waals surface area contributed by atoms with E-state index in [2.05, 4.69) is 25.3 Å². The molecule has 0 atom stereocenters. The number of hydrogen-bond acceptors (Lipinski definition) is 3. The lowest BCUT2D eigenvalue weighted by molar-refractivity contribution is 0.960. The Kier molecular flexibility index (Phi) is 2.97. The second kappa shape index (κ2) is 5.13. The Morgan fingerprint density at radius 2 is 1.70 bits per heavy atom. The Bertz CT molecular complexity index is 979. The van der Waals surface area contributed by atoms with Gasteiger partial charge in [0.1, 0.15) is 11.6 Å². The fourth-order valence-corrected chi connectivity index (χ4v) is 2.62. The maximum Gasteiger partial charge on any atom is 0.190 e. The van der Waals surface area contributed by atoms with E-state index in [1.165, 1.54) is 0 Å². The Balaban J connectivity index is 1.64. The van der Waals surface area contributed by atoms with Crippen molar-refractivity contribution in [2.75, 3.05) is 5.32 Å². The van der Waals surface area contributed by atoms with Gasteiger partial charge in [-0.3, -0.25) is 5.41 Å². The third-order valence-electron chi connectivity index (χ3n) is 3.58. The molecule has 0 saturated carbocycles. The smallest absolute Gasteiger partial charge is 0.190 e. The van der Waals surface area contributed by atoms with Gasteiger partial charge in [0.05, 0.1) is 28.5 Å². The van der Waals surface area contributed by atoms with Crippen LogP contribution in [0.4, 0.5) is 5.69 Å². The molecule has 0 bridgehead atoms. The lowest BCUT2D eigenvalue weighted by Crippen LogP contribution is -2.20. The SMILES string of the molecule is N=C(N)Nc1ccc2[nH]c(Cc3nc4ccccc4[nH]3)nc2c1. The summed E-state index contributed by atoms with van der Waals surface area (Å²) in [5.74, 6) is 1.61. The summed E-state index contributed by atoms with van der Waals surface area (Å²) in [4.78, 5) is 15.7. The number of guanidine groups is 1. The summed E-state index contributed by atoms with van der Waals surface area (Å²) in [7, 11) is 0. The van der Waals surface area contributed by atoms with Crippen LogP contribution in [0, 0.1) is 5.41 Å². The lowest BCUT2D eigenvalue weighted by Gasteiger charge is -2.01. The monoisotopic (exact) mass is 305 g/mol. The maximum atomic E-state index is 7.27. The second-order valence-corrected chi connectivity index (χ2v) is 5.33. The molecule has 2 aromatic heterocycles. The predicted octanol–water partition coefficient (Wildman–Crippen LogP) is 2.34. The summed E-state index contributed by atoms with van der Waals surface area (Å²) in [5.41, 5.74) is 9.81. The molecule has 0 aliphatic heterocycles. The molecule has 0 aliphatic carbocycles. The first kappa shape index (κ1) is 13.3. The van der Waals surface area contributed by atoms with Crippen molar-refractivity contribution in [1.29, 1.82) is 5.41 Å². The van der Waals surface area contributed by atoms with E-state index < -0.39 is 0 Å². The van der Waals surface area contributed by atoms with Crippen molar-refractivity contribution in [2.24, 2.45) is 5.73 Å². The van der Waals surface area contributed by atoms with Crippen molar-refractivity contribution in [2.45, 2.75) is 6.42 Å². The second-order valence-electron chi connectivity index (χ2n) is 5.33. The Morgan fingerprint density at radius 1 is 1.00 bits per heavy atom. The lowest BCUT2D eigenvalue weighted by atomic mass is 10.3. The van der Waals surface area contributed by atoms with Gasteiger partial charge in [-0.25, -0.2) is 9.97 Å². The fourth-order valence-electron chi connectivity index (χ4n) is 2.62. The normalized spacial score (nSPS) is 11.1. The number of aromatic nitrogens is 4. The van der Waals surface area contributed by atoms with E-state index in [1.54, 1.807) is 0 Å². The zero-order valence-corrected chi connectivity index (χ0v) is 12.2. The minimum absolute atomic E-state index is 0.0950. The molecule has 2 heterocycles. The van der Waals surface area contributed by atoms with Crippen LogP contribution in [0.1, 0.15) is 11.6 Å². The van der Waals surface area contributed by atoms with Crippen molar-refractivity contribution in [3.8, 4) is 0 Å². The van der Waals surface area contributed by atoms with Gasteiger partial charge < -0.3 is 21.0 Å². The van der Waals surface area contributed by atoms with Gasteiger partial charge in [-0.1, -0.05) is 12.1 Å². The van der Waals surface area contributed by atoms with Crippen LogP contribution in [0.15, 0.2) is 42.5 Å². The average Bonchev–Trinajstić information content (AvgIpc) is 3.08. The van der Waals surface area contributed by atoms with Gasteiger partial charge in [0.2, 0.25) is 0 Å². The van der Waals surface area contributed by atoms with Crippen molar-refractivity contribution in [3.05, 3.63) is 54.1 Å². The summed E-state index contributed by atoms with van der Waals surface area (Å²) in [6.45, 7) is 0. The zero-order valence-electron chi connectivity index (χ0n) is 12.2. The average molecular weight is 305 g/mol. The van der Waals surface area contributed by atoms with E-state index in [1.807, 2.05) is 42.5 Å². The molecule has 7 heteroatoms. The maximum absolute atomic E-state index is 7.27. The number of imidazole rings is 2. The largest absolute Gasteiger partial charge is 0.370 e. The molecule has 0 saturated heterocycles. The van der Waals surface area contributed by atoms with E-state index >= 15 is 0 Å². The molecule has 0 aliphatic rings. The predicted molar refractivity (Wildman–Crippen MR) is 90.5 cm³/mol. The molecule has 4 rings (SSSR count). The van der Waals surface area contributed by atoms with E-state index in [-0.39, 0.29) is 5.96 Å². The number of para-hydroxylation sites is 2. The van der Waals surface area contributed by atoms with E-state index in [9.17, 15) is 0 Å². The van der Waals surface area contributed by atoms with Crippen molar-refractivity contribution >= 4 is 33.7 Å². The number of nitrogens with two attached hydrogens (primary N) is 1. The van der Waals surface area contributed by atoms with E-state index in [0.717, 1.165) is 39.4 Å². The first-order valence-corrected chi connectivity index (χ1v) is 7.21. The Labute approximate surface area is 131 Å². The summed E-state index contributed by atoms with van der Waals surface area (Å²) >= 11 is 0. The molecular formula is C16H15N7. The van der Waals surface area contributed by atoms with Crippen LogP contribution in [-0.2, 0) is 6.42 Å².